The van der Waals surface area contributed by atoms with Gasteiger partial charge in [-0.25, -0.2) is 4.79 Å². The summed E-state index contributed by atoms with van der Waals surface area (Å²) in [5.74, 6) is -0.859. The van der Waals surface area contributed by atoms with Crippen LogP contribution in [0.15, 0.2) is 35.7 Å². The molecule has 1 unspecified atom stereocenters. The lowest BCUT2D eigenvalue weighted by molar-refractivity contribution is 0.0695. The Hall–Kier alpha value is -1.65. The molecule has 0 fully saturated rings. The van der Waals surface area contributed by atoms with E-state index in [2.05, 4.69) is 16.8 Å². The van der Waals surface area contributed by atoms with Crippen LogP contribution < -0.4 is 5.32 Å². The summed E-state index contributed by atoms with van der Waals surface area (Å²) >= 11 is 1.82. The van der Waals surface area contributed by atoms with Gasteiger partial charge in [0.25, 0.3) is 0 Å². The Kier molecular flexibility index (Phi) is 3.85. The van der Waals surface area contributed by atoms with Crippen molar-refractivity contribution in [3.63, 3.8) is 0 Å². The van der Waals surface area contributed by atoms with Crippen LogP contribution in [-0.2, 0) is 13.0 Å². The van der Waals surface area contributed by atoms with Crippen molar-refractivity contribution in [3.8, 4) is 0 Å². The topological polar surface area (TPSA) is 49.3 Å². The molecule has 0 spiro atoms. The van der Waals surface area contributed by atoms with E-state index in [9.17, 15) is 9.90 Å². The SMILES string of the molecule is O=C(O)c1ccccc1CNC1CCCc2sccc21. The van der Waals surface area contributed by atoms with E-state index < -0.39 is 5.97 Å². The van der Waals surface area contributed by atoms with Crippen molar-refractivity contribution in [1.82, 2.24) is 5.32 Å². The van der Waals surface area contributed by atoms with Gasteiger partial charge < -0.3 is 10.4 Å². The molecule has 2 aromatic rings. The third-order valence-corrected chi connectivity index (χ3v) is 4.84. The molecule has 1 atom stereocenters. The first-order valence-corrected chi connectivity index (χ1v) is 7.74. The summed E-state index contributed by atoms with van der Waals surface area (Å²) in [6.07, 6.45) is 3.50. The van der Waals surface area contributed by atoms with Crippen LogP contribution in [0.5, 0.6) is 0 Å². The Morgan fingerprint density at radius 1 is 1.35 bits per heavy atom. The van der Waals surface area contributed by atoms with E-state index in [0.717, 1.165) is 12.0 Å². The van der Waals surface area contributed by atoms with Gasteiger partial charge in [0.1, 0.15) is 0 Å². The molecule has 0 saturated heterocycles. The second-order valence-electron chi connectivity index (χ2n) is 5.09. The number of rotatable bonds is 4. The zero-order valence-electron chi connectivity index (χ0n) is 11.1. The Morgan fingerprint density at radius 3 is 3.05 bits per heavy atom. The van der Waals surface area contributed by atoms with E-state index >= 15 is 0 Å². The lowest BCUT2D eigenvalue weighted by atomic mass is 9.93. The summed E-state index contributed by atoms with van der Waals surface area (Å²) in [5.41, 5.74) is 2.64. The third kappa shape index (κ3) is 2.62. The van der Waals surface area contributed by atoms with E-state index in [1.165, 1.54) is 23.3 Å². The van der Waals surface area contributed by atoms with Gasteiger partial charge in [0, 0.05) is 17.5 Å². The largest absolute Gasteiger partial charge is 0.478 e. The molecule has 2 N–H and O–H groups in total. The summed E-state index contributed by atoms with van der Waals surface area (Å²) in [6, 6.07) is 9.75. The van der Waals surface area contributed by atoms with E-state index in [0.29, 0.717) is 18.2 Å². The van der Waals surface area contributed by atoms with E-state index in [1.54, 1.807) is 12.1 Å². The predicted octanol–water partition coefficient (Wildman–Crippen LogP) is 3.61. The van der Waals surface area contributed by atoms with Crippen molar-refractivity contribution in [2.75, 3.05) is 0 Å². The fourth-order valence-electron chi connectivity index (χ4n) is 2.81. The van der Waals surface area contributed by atoms with Gasteiger partial charge in [-0.2, -0.15) is 0 Å². The molecule has 0 saturated carbocycles. The highest BCUT2D eigenvalue weighted by molar-refractivity contribution is 7.10. The number of thiophene rings is 1. The van der Waals surface area contributed by atoms with E-state index in [1.807, 2.05) is 23.5 Å². The van der Waals surface area contributed by atoms with Gasteiger partial charge in [0.2, 0.25) is 0 Å². The standard InChI is InChI=1S/C16H17NO2S/c18-16(19)12-5-2-1-4-11(12)10-17-14-6-3-7-15-13(14)8-9-20-15/h1-2,4-5,8-9,14,17H,3,6-7,10H2,(H,18,19). The molecule has 1 aliphatic rings. The van der Waals surface area contributed by atoms with Gasteiger partial charge in [0.15, 0.2) is 0 Å². The monoisotopic (exact) mass is 287 g/mol. The number of aromatic carboxylic acids is 1. The average molecular weight is 287 g/mol. The number of hydrogen-bond donors (Lipinski definition) is 2. The van der Waals surface area contributed by atoms with Crippen molar-refractivity contribution >= 4 is 17.3 Å². The van der Waals surface area contributed by atoms with Gasteiger partial charge >= 0.3 is 5.97 Å². The molecule has 0 radical (unpaired) electrons. The Morgan fingerprint density at radius 2 is 2.20 bits per heavy atom. The number of benzene rings is 1. The van der Waals surface area contributed by atoms with Crippen molar-refractivity contribution in [2.24, 2.45) is 0 Å². The molecular formula is C16H17NO2S. The quantitative estimate of drug-likeness (QED) is 0.903. The molecule has 1 heterocycles. The third-order valence-electron chi connectivity index (χ3n) is 3.84. The zero-order valence-corrected chi connectivity index (χ0v) is 12.0. The van der Waals surface area contributed by atoms with Crippen LogP contribution in [0.2, 0.25) is 0 Å². The second kappa shape index (κ2) is 5.77. The van der Waals surface area contributed by atoms with Crippen LogP contribution in [0.1, 0.15) is 45.2 Å². The average Bonchev–Trinajstić information content (AvgIpc) is 2.94. The number of carboxylic acids is 1. The summed E-state index contributed by atoms with van der Waals surface area (Å²) in [7, 11) is 0. The number of fused-ring (bicyclic) bond motifs is 1. The molecule has 1 aromatic heterocycles. The molecule has 1 aromatic carbocycles. The number of carbonyl (C=O) groups is 1. The van der Waals surface area contributed by atoms with E-state index in [4.69, 9.17) is 0 Å². The predicted molar refractivity (Wildman–Crippen MR) is 80.2 cm³/mol. The highest BCUT2D eigenvalue weighted by Crippen LogP contribution is 2.33. The van der Waals surface area contributed by atoms with Gasteiger partial charge in [-0.15, -0.1) is 11.3 Å². The van der Waals surface area contributed by atoms with Crippen molar-refractivity contribution < 1.29 is 9.90 Å². The number of nitrogens with one attached hydrogen (secondary N) is 1. The van der Waals surface area contributed by atoms with Crippen LogP contribution in [0.25, 0.3) is 0 Å². The molecule has 20 heavy (non-hydrogen) atoms. The van der Waals surface area contributed by atoms with Gasteiger partial charge in [-0.3, -0.25) is 0 Å². The molecular weight excluding hydrogens is 270 g/mol. The molecule has 1 aliphatic carbocycles. The number of hydrogen-bond acceptors (Lipinski definition) is 3. The molecule has 0 amide bonds. The molecule has 3 nitrogen and oxygen atoms in total. The van der Waals surface area contributed by atoms with Crippen LogP contribution in [0.3, 0.4) is 0 Å². The first-order chi connectivity index (χ1) is 9.75. The fraction of sp³-hybridized carbons (Fsp3) is 0.312. The van der Waals surface area contributed by atoms with Crippen molar-refractivity contribution in [1.29, 1.82) is 0 Å². The molecule has 0 aliphatic heterocycles. The van der Waals surface area contributed by atoms with Crippen molar-refractivity contribution in [3.05, 3.63) is 57.3 Å². The maximum Gasteiger partial charge on any atom is 0.336 e. The van der Waals surface area contributed by atoms with Gasteiger partial charge in [0.05, 0.1) is 5.56 Å². The minimum atomic E-state index is -0.859. The maximum absolute atomic E-state index is 11.2. The molecule has 4 heteroatoms. The van der Waals surface area contributed by atoms with Crippen molar-refractivity contribution in [2.45, 2.75) is 31.8 Å². The van der Waals surface area contributed by atoms with Crippen LogP contribution >= 0.6 is 11.3 Å². The minimum absolute atomic E-state index is 0.354. The summed E-state index contributed by atoms with van der Waals surface area (Å²) in [4.78, 5) is 12.7. The first kappa shape index (κ1) is 13.3. The van der Waals surface area contributed by atoms with Crippen LogP contribution in [-0.4, -0.2) is 11.1 Å². The Labute approximate surface area is 122 Å². The molecule has 0 bridgehead atoms. The second-order valence-corrected chi connectivity index (χ2v) is 6.09. The first-order valence-electron chi connectivity index (χ1n) is 6.86. The lowest BCUT2D eigenvalue weighted by Crippen LogP contribution is -2.24. The van der Waals surface area contributed by atoms with Gasteiger partial charge in [-0.05, 0) is 47.9 Å². The fourth-order valence-corrected chi connectivity index (χ4v) is 3.80. The zero-order chi connectivity index (χ0) is 13.9. The van der Waals surface area contributed by atoms with Crippen LogP contribution in [0.4, 0.5) is 0 Å². The minimum Gasteiger partial charge on any atom is -0.478 e. The lowest BCUT2D eigenvalue weighted by Gasteiger charge is -2.24. The van der Waals surface area contributed by atoms with E-state index in [-0.39, 0.29) is 0 Å². The molecule has 3 rings (SSSR count). The summed E-state index contributed by atoms with van der Waals surface area (Å²) in [5, 5.41) is 14.9. The summed E-state index contributed by atoms with van der Waals surface area (Å²) < 4.78 is 0. The number of carboxylic acid groups (broad SMARTS) is 1. The molecule has 104 valence electrons. The number of aryl methyl sites for hydroxylation is 1. The highest BCUT2D eigenvalue weighted by Gasteiger charge is 2.21. The Balaban J connectivity index is 1.74. The summed E-state index contributed by atoms with van der Waals surface area (Å²) in [6.45, 7) is 0.600. The normalized spacial score (nSPS) is 17.7. The highest BCUT2D eigenvalue weighted by atomic mass is 32.1. The Bertz CT molecular complexity index is 620. The maximum atomic E-state index is 11.2. The van der Waals surface area contributed by atoms with Crippen LogP contribution in [0, 0.1) is 0 Å². The smallest absolute Gasteiger partial charge is 0.336 e. The van der Waals surface area contributed by atoms with Gasteiger partial charge in [-0.1, -0.05) is 18.2 Å².